The first-order valence-corrected chi connectivity index (χ1v) is 9.99. The Kier molecular flexibility index (Phi) is 5.82. The zero-order valence-electron chi connectivity index (χ0n) is 16.0. The summed E-state index contributed by atoms with van der Waals surface area (Å²) >= 11 is 10.2. The first kappa shape index (κ1) is 20.1. The van der Waals surface area contributed by atoms with E-state index in [0.29, 0.717) is 40.8 Å². The van der Waals surface area contributed by atoms with Gasteiger partial charge in [0.05, 0.1) is 24.6 Å². The number of benzene rings is 1. The van der Waals surface area contributed by atoms with E-state index < -0.39 is 0 Å². The van der Waals surface area contributed by atoms with Gasteiger partial charge in [0.2, 0.25) is 0 Å². The Balaban J connectivity index is 1.59. The molecule has 1 aromatic carbocycles. The number of urea groups is 1. The Morgan fingerprint density at radius 3 is 2.73 bits per heavy atom. The third-order valence-electron chi connectivity index (χ3n) is 4.32. The van der Waals surface area contributed by atoms with Gasteiger partial charge < -0.3 is 5.32 Å². The van der Waals surface area contributed by atoms with Gasteiger partial charge in [0.15, 0.2) is 5.65 Å². The van der Waals surface area contributed by atoms with Crippen LogP contribution in [0.15, 0.2) is 55.0 Å². The fourth-order valence-electron chi connectivity index (χ4n) is 2.83. The van der Waals surface area contributed by atoms with Crippen molar-refractivity contribution < 1.29 is 4.79 Å². The van der Waals surface area contributed by atoms with Crippen molar-refractivity contribution in [3.63, 3.8) is 0 Å². The number of hydrogen-bond acceptors (Lipinski definition) is 6. The zero-order chi connectivity index (χ0) is 21.1. The summed E-state index contributed by atoms with van der Waals surface area (Å²) in [5.74, 6) is 0.363. The molecule has 0 radical (unpaired) electrons. The highest BCUT2D eigenvalue weighted by atomic mass is 35.5. The minimum atomic E-state index is -0.361. The lowest BCUT2D eigenvalue weighted by Gasteiger charge is -2.14. The smallest absolute Gasteiger partial charge is 0.333 e. The van der Waals surface area contributed by atoms with Gasteiger partial charge in [0, 0.05) is 23.3 Å². The van der Waals surface area contributed by atoms with Crippen LogP contribution in [-0.4, -0.2) is 37.3 Å². The van der Waals surface area contributed by atoms with E-state index in [1.807, 2.05) is 42.1 Å². The van der Waals surface area contributed by atoms with E-state index in [2.05, 4.69) is 38.2 Å². The third kappa shape index (κ3) is 4.37. The van der Waals surface area contributed by atoms with Crippen molar-refractivity contribution in [1.29, 1.82) is 0 Å². The summed E-state index contributed by atoms with van der Waals surface area (Å²) in [6, 6.07) is 10.7. The number of nitrogens with one attached hydrogen (secondary N) is 1. The zero-order valence-corrected chi connectivity index (χ0v) is 17.7. The summed E-state index contributed by atoms with van der Waals surface area (Å²) in [4.78, 5) is 25.4. The van der Waals surface area contributed by atoms with E-state index in [4.69, 9.17) is 11.6 Å². The monoisotopic (exact) mass is 439 g/mol. The molecule has 3 heterocycles. The molecule has 0 saturated carbocycles. The number of hydrogen-bond donors (Lipinski definition) is 2. The number of carbonyl (C=O) groups excluding carboxylic acids is 1. The van der Waals surface area contributed by atoms with E-state index in [1.165, 1.54) is 0 Å². The number of amides is 2. The fourth-order valence-corrected chi connectivity index (χ4v) is 3.14. The number of nitrogens with zero attached hydrogens (tertiary/aromatic N) is 6. The van der Waals surface area contributed by atoms with E-state index >= 15 is 0 Å². The molecule has 152 valence electrons. The lowest BCUT2D eigenvalue weighted by atomic mass is 10.2. The molecule has 4 rings (SSSR count). The fraction of sp³-hybridized carbons (Fsp3) is 0.150. The Hall–Kier alpha value is -3.17. The summed E-state index contributed by atoms with van der Waals surface area (Å²) in [6.45, 7) is 2.94. The van der Waals surface area contributed by atoms with Crippen LogP contribution in [0.1, 0.15) is 12.5 Å². The first-order valence-electron chi connectivity index (χ1n) is 9.21. The number of anilines is 1. The van der Waals surface area contributed by atoms with Gasteiger partial charge in [-0.3, -0.25) is 9.67 Å². The highest BCUT2D eigenvalue weighted by molar-refractivity contribution is 7.82. The van der Waals surface area contributed by atoms with Gasteiger partial charge >= 0.3 is 6.03 Å². The van der Waals surface area contributed by atoms with E-state index in [0.717, 1.165) is 15.4 Å². The predicted octanol–water partition coefficient (Wildman–Crippen LogP) is 3.97. The average molecular weight is 440 g/mol. The molecule has 10 heteroatoms. The molecule has 0 fully saturated rings. The van der Waals surface area contributed by atoms with Crippen molar-refractivity contribution in [2.24, 2.45) is 0 Å². The lowest BCUT2D eigenvalue weighted by Crippen LogP contribution is -2.34. The van der Waals surface area contributed by atoms with Crippen LogP contribution in [-0.2, 0) is 6.54 Å². The Morgan fingerprint density at radius 2 is 1.97 bits per heavy atom. The number of thiol groups is 1. The first-order chi connectivity index (χ1) is 14.5. The summed E-state index contributed by atoms with van der Waals surface area (Å²) in [5.41, 5.74) is 3.58. The summed E-state index contributed by atoms with van der Waals surface area (Å²) < 4.78 is 2.96. The molecule has 0 aliphatic carbocycles. The van der Waals surface area contributed by atoms with Gasteiger partial charge in [0.25, 0.3) is 0 Å². The molecule has 3 aromatic heterocycles. The molecule has 0 aliphatic heterocycles. The van der Waals surface area contributed by atoms with E-state index in [-0.39, 0.29) is 6.03 Å². The van der Waals surface area contributed by atoms with Crippen LogP contribution < -0.4 is 9.62 Å². The largest absolute Gasteiger partial charge is 0.337 e. The molecule has 0 saturated heterocycles. The van der Waals surface area contributed by atoms with Gasteiger partial charge in [-0.05, 0) is 36.8 Å². The summed E-state index contributed by atoms with van der Waals surface area (Å²) in [5, 5.41) is 7.77. The van der Waals surface area contributed by atoms with Gasteiger partial charge in [-0.1, -0.05) is 36.5 Å². The number of halogens is 1. The predicted molar refractivity (Wildman–Crippen MR) is 120 cm³/mol. The van der Waals surface area contributed by atoms with Crippen molar-refractivity contribution in [3.05, 3.63) is 65.6 Å². The number of fused-ring (bicyclic) bond motifs is 1. The molecular weight excluding hydrogens is 422 g/mol. The maximum Gasteiger partial charge on any atom is 0.333 e. The van der Waals surface area contributed by atoms with Crippen molar-refractivity contribution >= 4 is 47.4 Å². The highest BCUT2D eigenvalue weighted by Gasteiger charge is 2.14. The Morgan fingerprint density at radius 1 is 1.17 bits per heavy atom. The number of aromatic nitrogens is 5. The average Bonchev–Trinajstić information content (AvgIpc) is 3.22. The molecule has 0 aliphatic rings. The quantitative estimate of drug-likeness (QED) is 0.459. The van der Waals surface area contributed by atoms with Crippen molar-refractivity contribution in [2.45, 2.75) is 13.5 Å². The van der Waals surface area contributed by atoms with Crippen molar-refractivity contribution in [1.82, 2.24) is 30.0 Å². The molecule has 0 atom stereocenters. The van der Waals surface area contributed by atoms with Crippen LogP contribution in [0.5, 0.6) is 0 Å². The molecule has 8 nitrogen and oxygen atoms in total. The van der Waals surface area contributed by atoms with Crippen molar-refractivity contribution in [2.75, 3.05) is 10.8 Å². The molecule has 30 heavy (non-hydrogen) atoms. The molecule has 0 bridgehead atoms. The van der Waals surface area contributed by atoms with Crippen LogP contribution in [0.25, 0.3) is 22.4 Å². The van der Waals surface area contributed by atoms with Crippen LogP contribution in [0.4, 0.5) is 10.6 Å². The Labute approximate surface area is 183 Å². The van der Waals surface area contributed by atoms with Crippen LogP contribution in [0, 0.1) is 0 Å². The molecule has 4 aromatic rings. The SMILES string of the molecule is CCNC(=O)N(S)c1ccc2ncc(-c3cnn(Cc4ccc(Cl)cc4)c3)nc2n1. The minimum Gasteiger partial charge on any atom is -0.337 e. The van der Waals surface area contributed by atoms with Crippen LogP contribution in [0.2, 0.25) is 5.02 Å². The second kappa shape index (κ2) is 8.68. The second-order valence-electron chi connectivity index (χ2n) is 6.47. The molecular formula is C20H18ClN7OS. The highest BCUT2D eigenvalue weighted by Crippen LogP contribution is 2.21. The number of rotatable bonds is 5. The summed E-state index contributed by atoms with van der Waals surface area (Å²) in [6.07, 6.45) is 5.30. The minimum absolute atomic E-state index is 0.361. The van der Waals surface area contributed by atoms with Crippen LogP contribution in [0.3, 0.4) is 0 Å². The maximum absolute atomic E-state index is 12.0. The standard InChI is InChI=1S/C20H18ClN7OS/c1-2-22-20(29)28(30)18-8-7-16-19(26-18)25-17(10-23-16)14-9-24-27(12-14)11-13-3-5-15(21)6-4-13/h3-10,12,30H,2,11H2,1H3,(H,22,29). The van der Waals surface area contributed by atoms with Gasteiger partial charge in [-0.25, -0.2) is 19.1 Å². The van der Waals surface area contributed by atoms with Gasteiger partial charge in [-0.2, -0.15) is 5.10 Å². The molecule has 2 amide bonds. The van der Waals surface area contributed by atoms with Gasteiger partial charge in [-0.15, -0.1) is 0 Å². The lowest BCUT2D eigenvalue weighted by molar-refractivity contribution is 0.250. The van der Waals surface area contributed by atoms with E-state index in [9.17, 15) is 4.79 Å². The molecule has 1 N–H and O–H groups in total. The van der Waals surface area contributed by atoms with Crippen molar-refractivity contribution in [3.8, 4) is 11.3 Å². The number of carbonyl (C=O) groups is 1. The van der Waals surface area contributed by atoms with Crippen LogP contribution >= 0.6 is 24.4 Å². The maximum atomic E-state index is 12.0. The van der Waals surface area contributed by atoms with Gasteiger partial charge in [0.1, 0.15) is 11.3 Å². The topological polar surface area (TPSA) is 88.8 Å². The normalized spacial score (nSPS) is 10.9. The molecule has 0 unspecified atom stereocenters. The summed E-state index contributed by atoms with van der Waals surface area (Å²) in [7, 11) is 0. The Bertz CT molecular complexity index is 1200. The molecule has 0 spiro atoms. The number of pyridine rings is 1. The third-order valence-corrected chi connectivity index (χ3v) is 4.95. The second-order valence-corrected chi connectivity index (χ2v) is 7.30. The van der Waals surface area contributed by atoms with E-state index in [1.54, 1.807) is 24.5 Å².